The number of rotatable bonds is 11. The Morgan fingerprint density at radius 2 is 1.54 bits per heavy atom. The van der Waals surface area contributed by atoms with Crippen LogP contribution in [0.3, 0.4) is 0 Å². The zero-order chi connectivity index (χ0) is 28.6. The van der Waals surface area contributed by atoms with Gasteiger partial charge in [-0.05, 0) is 71.8 Å². The Morgan fingerprint density at radius 1 is 0.829 bits per heavy atom. The lowest BCUT2D eigenvalue weighted by atomic mass is 9.88. The van der Waals surface area contributed by atoms with Gasteiger partial charge in [-0.15, -0.1) is 0 Å². The molecule has 0 saturated carbocycles. The lowest BCUT2D eigenvalue weighted by Gasteiger charge is -2.27. The summed E-state index contributed by atoms with van der Waals surface area (Å²) in [5.74, 6) is 1.06. The first-order valence-electron chi connectivity index (χ1n) is 13.9. The molecule has 41 heavy (non-hydrogen) atoms. The summed E-state index contributed by atoms with van der Waals surface area (Å²) in [7, 11) is 0. The highest BCUT2D eigenvalue weighted by atomic mass is 16.6. The van der Waals surface area contributed by atoms with Crippen LogP contribution in [0.1, 0.15) is 33.5 Å². The third kappa shape index (κ3) is 7.13. The second kappa shape index (κ2) is 13.2. The molecule has 1 heterocycles. The maximum absolute atomic E-state index is 13.4. The van der Waals surface area contributed by atoms with Crippen LogP contribution in [0.5, 0.6) is 11.5 Å². The number of aryl methyl sites for hydroxylation is 1. The Balaban J connectivity index is 1.32. The van der Waals surface area contributed by atoms with Gasteiger partial charge < -0.3 is 25.6 Å². The number of amidine groups is 1. The van der Waals surface area contributed by atoms with Gasteiger partial charge in [-0.25, -0.2) is 0 Å². The average Bonchev–Trinajstić information content (AvgIpc) is 3.02. The topological polar surface area (TPSA) is 118 Å². The number of ether oxygens (including phenoxy) is 2. The Hall–Kier alpha value is -4.62. The number of carbonyl (C=O) groups is 1. The largest absolute Gasteiger partial charge is 0.486 e. The molecule has 1 aliphatic heterocycles. The molecular weight excluding hydrogens is 514 g/mol. The van der Waals surface area contributed by atoms with Gasteiger partial charge in [0.05, 0.1) is 0 Å². The molecule has 210 valence electrons. The zero-order valence-electron chi connectivity index (χ0n) is 22.9. The molecule has 0 bridgehead atoms. The van der Waals surface area contributed by atoms with Crippen molar-refractivity contribution in [3.8, 4) is 22.6 Å². The van der Waals surface area contributed by atoms with Crippen LogP contribution < -0.4 is 20.5 Å². The highest BCUT2D eigenvalue weighted by Crippen LogP contribution is 2.34. The Morgan fingerprint density at radius 3 is 2.27 bits per heavy atom. The summed E-state index contributed by atoms with van der Waals surface area (Å²) in [6.45, 7) is 0.982. The molecule has 7 nitrogen and oxygen atoms in total. The molecule has 0 fully saturated rings. The summed E-state index contributed by atoms with van der Waals surface area (Å²) in [4.78, 5) is 13.4. The van der Waals surface area contributed by atoms with E-state index >= 15 is 0 Å². The number of nitrogen functional groups attached to an aromatic ring is 1. The second-order valence-electron chi connectivity index (χ2n) is 10.3. The summed E-state index contributed by atoms with van der Waals surface area (Å²) < 4.78 is 11.3. The number of hydrogen-bond acceptors (Lipinski definition) is 5. The van der Waals surface area contributed by atoms with Crippen molar-refractivity contribution < 1.29 is 19.4 Å². The number of amides is 1. The number of nitrogens with one attached hydrogen (secondary N) is 2. The second-order valence-corrected chi connectivity index (χ2v) is 10.3. The van der Waals surface area contributed by atoms with Crippen molar-refractivity contribution in [2.45, 2.75) is 25.3 Å². The minimum absolute atomic E-state index is 0.000947. The molecule has 0 radical (unpaired) electrons. The number of hydrogen-bond donors (Lipinski definition) is 4. The smallest absolute Gasteiger partial charge is 0.251 e. The predicted octanol–water partition coefficient (Wildman–Crippen LogP) is 4.99. The molecule has 4 aromatic carbocycles. The van der Waals surface area contributed by atoms with E-state index in [1.54, 1.807) is 6.07 Å². The summed E-state index contributed by atoms with van der Waals surface area (Å²) in [6.07, 6.45) is 1.97. The molecule has 5 N–H and O–H groups in total. The van der Waals surface area contributed by atoms with Crippen molar-refractivity contribution >= 4 is 11.7 Å². The van der Waals surface area contributed by atoms with E-state index < -0.39 is 0 Å². The molecule has 0 saturated heterocycles. The lowest BCUT2D eigenvalue weighted by molar-refractivity contribution is 0.0898. The highest BCUT2D eigenvalue weighted by molar-refractivity contribution is 5.95. The van der Waals surface area contributed by atoms with E-state index in [0.717, 1.165) is 34.6 Å². The highest BCUT2D eigenvalue weighted by Gasteiger charge is 2.24. The fourth-order valence-electron chi connectivity index (χ4n) is 5.18. The molecule has 0 aliphatic carbocycles. The van der Waals surface area contributed by atoms with E-state index in [1.807, 2.05) is 78.9 Å². The van der Waals surface area contributed by atoms with Crippen LogP contribution in [0.25, 0.3) is 11.1 Å². The Labute approximate surface area is 240 Å². The van der Waals surface area contributed by atoms with Crippen molar-refractivity contribution in [1.29, 1.82) is 5.41 Å². The number of aliphatic hydroxyl groups excluding tert-OH is 1. The molecule has 7 heteroatoms. The van der Waals surface area contributed by atoms with Gasteiger partial charge in [-0.1, -0.05) is 66.7 Å². The molecule has 2 unspecified atom stereocenters. The van der Waals surface area contributed by atoms with E-state index in [2.05, 4.69) is 17.4 Å². The number of fused-ring (bicyclic) bond motifs is 1. The van der Waals surface area contributed by atoms with Crippen LogP contribution >= 0.6 is 0 Å². The van der Waals surface area contributed by atoms with Crippen molar-refractivity contribution in [2.24, 2.45) is 11.7 Å². The maximum atomic E-state index is 13.4. The number of nitrogens with two attached hydrogens (primary N) is 1. The van der Waals surface area contributed by atoms with Gasteiger partial charge in [0.2, 0.25) is 0 Å². The molecular formula is C34H35N3O4. The van der Waals surface area contributed by atoms with E-state index in [9.17, 15) is 9.90 Å². The number of benzene rings is 4. The molecule has 5 rings (SSSR count). The van der Waals surface area contributed by atoms with Crippen LogP contribution in [0, 0.1) is 11.3 Å². The third-order valence-electron chi connectivity index (χ3n) is 7.47. The number of carbonyl (C=O) groups excluding carboxylic acids is 1. The minimum atomic E-state index is -0.272. The van der Waals surface area contributed by atoms with E-state index in [0.29, 0.717) is 37.2 Å². The molecule has 0 aromatic heterocycles. The summed E-state index contributed by atoms with van der Waals surface area (Å²) in [5, 5.41) is 21.4. The van der Waals surface area contributed by atoms with Gasteiger partial charge in [-0.3, -0.25) is 10.2 Å². The van der Waals surface area contributed by atoms with Crippen LogP contribution in [0.15, 0.2) is 97.1 Å². The fraction of sp³-hybridized carbons (Fsp3) is 0.235. The Bertz CT molecular complexity index is 1490. The minimum Gasteiger partial charge on any atom is -0.486 e. The van der Waals surface area contributed by atoms with Crippen molar-refractivity contribution in [3.05, 3.63) is 119 Å². The standard InChI is InChI=1S/C34H35N3O4/c35-33(36)28-8-4-7-24(19-28)20-29(22-38)30(15-9-23-5-2-1-3-6-23)37-34(39)26-12-10-25(11-13-26)27-14-16-31-32(21-27)41-18-17-40-31/h1-8,10-14,16,19,21,29-30,38H,9,15,17-18,20,22H2,(H3,35,36)(H,37,39). The van der Waals surface area contributed by atoms with Crippen molar-refractivity contribution in [3.63, 3.8) is 0 Å². The van der Waals surface area contributed by atoms with E-state index in [1.165, 1.54) is 5.56 Å². The zero-order valence-corrected chi connectivity index (χ0v) is 22.9. The molecule has 1 amide bonds. The van der Waals surface area contributed by atoms with Gasteiger partial charge in [0.1, 0.15) is 19.0 Å². The Kier molecular flexibility index (Phi) is 8.96. The fourth-order valence-corrected chi connectivity index (χ4v) is 5.18. The van der Waals surface area contributed by atoms with Crippen molar-refractivity contribution in [2.75, 3.05) is 19.8 Å². The first kappa shape index (κ1) is 27.9. The van der Waals surface area contributed by atoms with Gasteiger partial charge in [-0.2, -0.15) is 0 Å². The summed E-state index contributed by atoms with van der Waals surface area (Å²) in [6, 6.07) is 30.7. The summed E-state index contributed by atoms with van der Waals surface area (Å²) in [5.41, 5.74) is 11.0. The van der Waals surface area contributed by atoms with Gasteiger partial charge >= 0.3 is 0 Å². The molecule has 4 aromatic rings. The van der Waals surface area contributed by atoms with E-state index in [4.69, 9.17) is 20.6 Å². The van der Waals surface area contributed by atoms with Crippen LogP contribution in [-0.2, 0) is 12.8 Å². The average molecular weight is 550 g/mol. The van der Waals surface area contributed by atoms with Crippen molar-refractivity contribution in [1.82, 2.24) is 5.32 Å². The summed E-state index contributed by atoms with van der Waals surface area (Å²) >= 11 is 0. The van der Waals surface area contributed by atoms with Gasteiger partial charge in [0.25, 0.3) is 5.91 Å². The maximum Gasteiger partial charge on any atom is 0.251 e. The van der Waals surface area contributed by atoms with Gasteiger partial charge in [0, 0.05) is 29.7 Å². The molecule has 0 spiro atoms. The SMILES string of the molecule is N=C(N)c1cccc(CC(CO)C(CCc2ccccc2)NC(=O)c2ccc(-c3ccc4c(c3)OCCO4)cc2)c1. The first-order chi connectivity index (χ1) is 20.0. The van der Waals surface area contributed by atoms with Gasteiger partial charge in [0.15, 0.2) is 11.5 Å². The van der Waals surface area contributed by atoms with Crippen LogP contribution in [-0.4, -0.2) is 42.7 Å². The monoisotopic (exact) mass is 549 g/mol. The van der Waals surface area contributed by atoms with Crippen LogP contribution in [0.2, 0.25) is 0 Å². The van der Waals surface area contributed by atoms with E-state index in [-0.39, 0.29) is 30.3 Å². The normalized spacial score (nSPS) is 13.7. The third-order valence-corrected chi connectivity index (χ3v) is 7.47. The first-order valence-corrected chi connectivity index (χ1v) is 13.9. The lowest BCUT2D eigenvalue weighted by Crippen LogP contribution is -2.43. The quantitative estimate of drug-likeness (QED) is 0.155. The van der Waals surface area contributed by atoms with Crippen LogP contribution in [0.4, 0.5) is 0 Å². The molecule has 2 atom stereocenters. The predicted molar refractivity (Wildman–Crippen MR) is 161 cm³/mol. The number of aliphatic hydroxyl groups is 1. The molecule has 1 aliphatic rings.